The van der Waals surface area contributed by atoms with Gasteiger partial charge in [0.25, 0.3) is 0 Å². The molecule has 0 N–H and O–H groups in total. The topological polar surface area (TPSA) is 0 Å². The average Bonchev–Trinajstić information content (AvgIpc) is 1.78. The molecule has 0 heterocycles. The summed E-state index contributed by atoms with van der Waals surface area (Å²) in [4.78, 5) is 0. The van der Waals surface area contributed by atoms with E-state index in [2.05, 4.69) is 39.8 Å². The van der Waals surface area contributed by atoms with Crippen LogP contribution in [0.3, 0.4) is 0 Å². The monoisotopic (exact) mass is 140 g/mol. The first-order chi connectivity index (χ1) is 4.56. The standard InChI is InChI=1S/C10H20/c1-5-6-7-8-9-10(2,3)4/h6-7H,5,8-9H2,1-4H3/b7-6-. The lowest BCUT2D eigenvalue weighted by Crippen LogP contribution is -2.02. The van der Waals surface area contributed by atoms with E-state index in [0.29, 0.717) is 5.41 Å². The molecule has 0 amide bonds. The molecule has 0 aromatic rings. The Morgan fingerprint density at radius 3 is 2.10 bits per heavy atom. The van der Waals surface area contributed by atoms with Crippen molar-refractivity contribution in [1.82, 2.24) is 0 Å². The van der Waals surface area contributed by atoms with Gasteiger partial charge < -0.3 is 0 Å². The van der Waals surface area contributed by atoms with Crippen molar-refractivity contribution in [2.24, 2.45) is 5.41 Å². The highest BCUT2D eigenvalue weighted by Crippen LogP contribution is 2.20. The van der Waals surface area contributed by atoms with Crippen LogP contribution in [0.2, 0.25) is 0 Å². The molecule has 0 atom stereocenters. The highest BCUT2D eigenvalue weighted by molar-refractivity contribution is 4.81. The molecule has 0 aromatic heterocycles. The predicted molar refractivity (Wildman–Crippen MR) is 48.1 cm³/mol. The van der Waals surface area contributed by atoms with Crippen LogP contribution in [0, 0.1) is 5.41 Å². The van der Waals surface area contributed by atoms with Crippen molar-refractivity contribution in [1.29, 1.82) is 0 Å². The van der Waals surface area contributed by atoms with Gasteiger partial charge in [-0.25, -0.2) is 0 Å². The van der Waals surface area contributed by atoms with Crippen molar-refractivity contribution in [3.05, 3.63) is 12.2 Å². The van der Waals surface area contributed by atoms with Crippen molar-refractivity contribution in [2.45, 2.75) is 47.0 Å². The molecule has 0 saturated carbocycles. The summed E-state index contributed by atoms with van der Waals surface area (Å²) in [6.45, 7) is 9.03. The molecule has 0 bridgehead atoms. The minimum atomic E-state index is 0.498. The summed E-state index contributed by atoms with van der Waals surface area (Å²) >= 11 is 0. The molecule has 0 unspecified atom stereocenters. The third-order valence-corrected chi connectivity index (χ3v) is 1.46. The van der Waals surface area contributed by atoms with Gasteiger partial charge in [0, 0.05) is 0 Å². The van der Waals surface area contributed by atoms with Crippen LogP contribution in [-0.2, 0) is 0 Å². The van der Waals surface area contributed by atoms with E-state index in [1.807, 2.05) is 0 Å². The van der Waals surface area contributed by atoms with E-state index in [4.69, 9.17) is 0 Å². The second kappa shape index (κ2) is 4.54. The third kappa shape index (κ3) is 7.74. The molecule has 0 saturated heterocycles. The Morgan fingerprint density at radius 1 is 1.10 bits per heavy atom. The smallest absolute Gasteiger partial charge is 0.0346 e. The molecule has 0 heteroatoms. The van der Waals surface area contributed by atoms with Crippen LogP contribution in [0.4, 0.5) is 0 Å². The molecule has 10 heavy (non-hydrogen) atoms. The van der Waals surface area contributed by atoms with Crippen molar-refractivity contribution < 1.29 is 0 Å². The minimum Gasteiger partial charge on any atom is -0.0888 e. The highest BCUT2D eigenvalue weighted by atomic mass is 14.1. The van der Waals surface area contributed by atoms with Crippen LogP contribution in [0.25, 0.3) is 0 Å². The van der Waals surface area contributed by atoms with E-state index in [0.717, 1.165) is 0 Å². The fourth-order valence-corrected chi connectivity index (χ4v) is 0.801. The first-order valence-corrected chi connectivity index (χ1v) is 4.21. The molecule has 0 aromatic carbocycles. The van der Waals surface area contributed by atoms with Gasteiger partial charge in [-0.2, -0.15) is 0 Å². The quantitative estimate of drug-likeness (QED) is 0.523. The molecule has 0 rings (SSSR count). The second-order valence-electron chi connectivity index (χ2n) is 3.98. The van der Waals surface area contributed by atoms with Gasteiger partial charge in [0.05, 0.1) is 0 Å². The summed E-state index contributed by atoms with van der Waals surface area (Å²) in [6.07, 6.45) is 8.22. The molecule has 0 nitrogen and oxygen atoms in total. The Balaban J connectivity index is 3.28. The fraction of sp³-hybridized carbons (Fsp3) is 0.800. The second-order valence-corrected chi connectivity index (χ2v) is 3.98. The SMILES string of the molecule is CC/C=C\CCC(C)(C)C. The fourth-order valence-electron chi connectivity index (χ4n) is 0.801. The van der Waals surface area contributed by atoms with E-state index >= 15 is 0 Å². The summed E-state index contributed by atoms with van der Waals surface area (Å²) < 4.78 is 0. The molecule has 0 fully saturated rings. The van der Waals surface area contributed by atoms with Gasteiger partial charge in [-0.1, -0.05) is 39.8 Å². The Hall–Kier alpha value is -0.260. The summed E-state index contributed by atoms with van der Waals surface area (Å²) in [6, 6.07) is 0. The number of rotatable bonds is 3. The first-order valence-electron chi connectivity index (χ1n) is 4.21. The zero-order chi connectivity index (χ0) is 8.04. The van der Waals surface area contributed by atoms with Crippen LogP contribution in [0.5, 0.6) is 0 Å². The highest BCUT2D eigenvalue weighted by Gasteiger charge is 2.06. The van der Waals surface area contributed by atoms with Gasteiger partial charge >= 0.3 is 0 Å². The predicted octanol–water partition coefficient (Wildman–Crippen LogP) is 3.78. The lowest BCUT2D eigenvalue weighted by Gasteiger charge is -2.15. The number of allylic oxidation sites excluding steroid dienone is 2. The molecular formula is C10H20. The summed E-state index contributed by atoms with van der Waals surface area (Å²) in [5.74, 6) is 0. The first kappa shape index (κ1) is 9.74. The lowest BCUT2D eigenvalue weighted by molar-refractivity contribution is 0.381. The summed E-state index contributed by atoms with van der Waals surface area (Å²) in [5.41, 5.74) is 0.498. The maximum Gasteiger partial charge on any atom is -0.0346 e. The maximum atomic E-state index is 2.28. The summed E-state index contributed by atoms with van der Waals surface area (Å²) in [7, 11) is 0. The molecule has 0 aliphatic heterocycles. The van der Waals surface area contributed by atoms with Crippen LogP contribution in [0.1, 0.15) is 47.0 Å². The van der Waals surface area contributed by atoms with Crippen molar-refractivity contribution in [3.8, 4) is 0 Å². The minimum absolute atomic E-state index is 0.498. The zero-order valence-corrected chi connectivity index (χ0v) is 7.78. The van der Waals surface area contributed by atoms with E-state index in [9.17, 15) is 0 Å². The normalized spacial score (nSPS) is 12.8. The molecular weight excluding hydrogens is 120 g/mol. The molecule has 0 radical (unpaired) electrons. The van der Waals surface area contributed by atoms with E-state index in [1.165, 1.54) is 19.3 Å². The third-order valence-electron chi connectivity index (χ3n) is 1.46. The van der Waals surface area contributed by atoms with Gasteiger partial charge in [0.15, 0.2) is 0 Å². The Labute approximate surface area is 65.3 Å². The van der Waals surface area contributed by atoms with E-state index < -0.39 is 0 Å². The van der Waals surface area contributed by atoms with Crippen molar-refractivity contribution in [3.63, 3.8) is 0 Å². The van der Waals surface area contributed by atoms with Crippen LogP contribution < -0.4 is 0 Å². The number of hydrogen-bond donors (Lipinski definition) is 0. The molecule has 0 spiro atoms. The largest absolute Gasteiger partial charge is 0.0888 e. The lowest BCUT2D eigenvalue weighted by atomic mass is 9.90. The van der Waals surface area contributed by atoms with Crippen LogP contribution >= 0.6 is 0 Å². The maximum absolute atomic E-state index is 2.28. The Kier molecular flexibility index (Phi) is 4.42. The number of hydrogen-bond acceptors (Lipinski definition) is 0. The van der Waals surface area contributed by atoms with Gasteiger partial charge in [0.2, 0.25) is 0 Å². The summed E-state index contributed by atoms with van der Waals surface area (Å²) in [5, 5.41) is 0. The molecule has 0 aliphatic carbocycles. The molecule has 60 valence electrons. The average molecular weight is 140 g/mol. The molecule has 0 aliphatic rings. The Bertz CT molecular complexity index is 93.1. The van der Waals surface area contributed by atoms with E-state index in [-0.39, 0.29) is 0 Å². The van der Waals surface area contributed by atoms with Gasteiger partial charge in [-0.15, -0.1) is 0 Å². The Morgan fingerprint density at radius 2 is 1.70 bits per heavy atom. The van der Waals surface area contributed by atoms with Gasteiger partial charge in [-0.05, 0) is 24.7 Å². The van der Waals surface area contributed by atoms with Crippen LogP contribution in [-0.4, -0.2) is 0 Å². The van der Waals surface area contributed by atoms with Crippen LogP contribution in [0.15, 0.2) is 12.2 Å². The van der Waals surface area contributed by atoms with E-state index in [1.54, 1.807) is 0 Å². The van der Waals surface area contributed by atoms with Crippen molar-refractivity contribution >= 4 is 0 Å². The zero-order valence-electron chi connectivity index (χ0n) is 7.78. The van der Waals surface area contributed by atoms with Crippen molar-refractivity contribution in [2.75, 3.05) is 0 Å². The van der Waals surface area contributed by atoms with Gasteiger partial charge in [-0.3, -0.25) is 0 Å². The van der Waals surface area contributed by atoms with Gasteiger partial charge in [0.1, 0.15) is 0 Å².